The van der Waals surface area contributed by atoms with Crippen molar-refractivity contribution in [2.75, 3.05) is 13.1 Å². The van der Waals surface area contributed by atoms with Gasteiger partial charge in [0.05, 0.1) is 0 Å². The van der Waals surface area contributed by atoms with Gasteiger partial charge in [0.25, 0.3) is 0 Å². The molecule has 1 aromatic carbocycles. The molecule has 1 aromatic rings. The molecule has 4 nitrogen and oxygen atoms in total. The second-order valence-electron chi connectivity index (χ2n) is 5.02. The summed E-state index contributed by atoms with van der Waals surface area (Å²) in [7, 11) is 0. The number of rotatable bonds is 3. The van der Waals surface area contributed by atoms with Gasteiger partial charge < -0.3 is 15.4 Å². The highest BCUT2D eigenvalue weighted by molar-refractivity contribution is 5.85. The highest BCUT2D eigenvalue weighted by Gasteiger charge is 2.56. The van der Waals surface area contributed by atoms with E-state index < -0.39 is 17.8 Å². The summed E-state index contributed by atoms with van der Waals surface area (Å²) < 4.78 is 44.5. The van der Waals surface area contributed by atoms with Gasteiger partial charge in [-0.15, -0.1) is 12.4 Å². The molecule has 0 aromatic heterocycles. The minimum Gasteiger partial charge on any atom is -0.445 e. The lowest BCUT2D eigenvalue weighted by Crippen LogP contribution is -2.63. The molecule has 2 N–H and O–H groups in total. The second kappa shape index (κ2) is 7.69. The second-order valence-corrected chi connectivity index (χ2v) is 5.02. The molecule has 0 spiro atoms. The van der Waals surface area contributed by atoms with Crippen LogP contribution in [0.3, 0.4) is 0 Å². The van der Waals surface area contributed by atoms with Crippen molar-refractivity contribution in [3.8, 4) is 0 Å². The number of alkyl halides is 3. The zero-order valence-corrected chi connectivity index (χ0v) is 12.6. The third-order valence-corrected chi connectivity index (χ3v) is 3.55. The Morgan fingerprint density at radius 3 is 2.36 bits per heavy atom. The molecule has 124 valence electrons. The molecule has 8 heteroatoms. The minimum atomic E-state index is -4.50. The van der Waals surface area contributed by atoms with Gasteiger partial charge in [0.2, 0.25) is 0 Å². The molecule has 1 heterocycles. The third-order valence-electron chi connectivity index (χ3n) is 3.55. The van der Waals surface area contributed by atoms with Crippen LogP contribution >= 0.6 is 12.4 Å². The van der Waals surface area contributed by atoms with Gasteiger partial charge >= 0.3 is 12.3 Å². The van der Waals surface area contributed by atoms with Crippen LogP contribution in [0, 0.1) is 0 Å². The quantitative estimate of drug-likeness (QED) is 0.890. The SMILES string of the molecule is Cl.O=C(NC1(C(F)(F)F)CCNCC1)OCc1ccccc1. The Labute approximate surface area is 132 Å². The smallest absolute Gasteiger partial charge is 0.411 e. The predicted molar refractivity (Wildman–Crippen MR) is 77.9 cm³/mol. The maximum absolute atomic E-state index is 13.2. The summed E-state index contributed by atoms with van der Waals surface area (Å²) in [5.41, 5.74) is -1.48. The number of carbonyl (C=O) groups is 1. The van der Waals surface area contributed by atoms with Gasteiger partial charge in [0.1, 0.15) is 12.1 Å². The molecule has 0 radical (unpaired) electrons. The molecule has 1 fully saturated rings. The molecule has 1 amide bonds. The monoisotopic (exact) mass is 338 g/mol. The van der Waals surface area contributed by atoms with Gasteiger partial charge in [0, 0.05) is 0 Å². The maximum Gasteiger partial charge on any atom is 0.411 e. The van der Waals surface area contributed by atoms with Crippen LogP contribution in [0.4, 0.5) is 18.0 Å². The van der Waals surface area contributed by atoms with Crippen LogP contribution < -0.4 is 10.6 Å². The van der Waals surface area contributed by atoms with Crippen molar-refractivity contribution in [2.45, 2.75) is 31.2 Å². The first-order valence-corrected chi connectivity index (χ1v) is 6.69. The average Bonchev–Trinajstić information content (AvgIpc) is 2.46. The number of hydrogen-bond donors (Lipinski definition) is 2. The Bertz CT molecular complexity index is 477. The molecule has 0 saturated carbocycles. The number of hydrogen-bond acceptors (Lipinski definition) is 3. The summed E-state index contributed by atoms with van der Waals surface area (Å²) in [5, 5.41) is 4.87. The zero-order chi connectivity index (χ0) is 15.3. The van der Waals surface area contributed by atoms with Crippen LogP contribution in [0.2, 0.25) is 0 Å². The van der Waals surface area contributed by atoms with Crippen molar-refractivity contribution in [1.82, 2.24) is 10.6 Å². The van der Waals surface area contributed by atoms with Crippen molar-refractivity contribution >= 4 is 18.5 Å². The van der Waals surface area contributed by atoms with E-state index in [2.05, 4.69) is 5.32 Å². The van der Waals surface area contributed by atoms with Crippen molar-refractivity contribution in [3.63, 3.8) is 0 Å². The summed E-state index contributed by atoms with van der Waals surface area (Å²) in [6, 6.07) is 8.80. The summed E-state index contributed by atoms with van der Waals surface area (Å²) in [6.07, 6.45) is -5.94. The molecule has 22 heavy (non-hydrogen) atoms. The number of alkyl carbamates (subject to hydrolysis) is 1. The Balaban J connectivity index is 0.00000242. The van der Waals surface area contributed by atoms with Crippen LogP contribution in [0.5, 0.6) is 0 Å². The highest BCUT2D eigenvalue weighted by atomic mass is 35.5. The molecule has 2 rings (SSSR count). The molecule has 1 aliphatic heterocycles. The van der Waals surface area contributed by atoms with Gasteiger partial charge in [0.15, 0.2) is 0 Å². The normalized spacial score (nSPS) is 17.2. The van der Waals surface area contributed by atoms with Crippen LogP contribution in [-0.2, 0) is 11.3 Å². The van der Waals surface area contributed by atoms with Crippen LogP contribution in [0.15, 0.2) is 30.3 Å². The number of amides is 1. The lowest BCUT2D eigenvalue weighted by Gasteiger charge is -2.39. The van der Waals surface area contributed by atoms with Crippen LogP contribution in [-0.4, -0.2) is 30.9 Å². The molecule has 1 aliphatic rings. The first kappa shape index (κ1) is 18.6. The van der Waals surface area contributed by atoms with Crippen molar-refractivity contribution in [1.29, 1.82) is 0 Å². The number of benzene rings is 1. The van der Waals surface area contributed by atoms with E-state index >= 15 is 0 Å². The number of carbonyl (C=O) groups excluding carboxylic acids is 1. The van der Waals surface area contributed by atoms with Gasteiger partial charge in [-0.3, -0.25) is 0 Å². The minimum absolute atomic E-state index is 0. The Morgan fingerprint density at radius 1 is 1.23 bits per heavy atom. The molecule has 0 unspecified atom stereocenters. The van der Waals surface area contributed by atoms with Crippen LogP contribution in [0.25, 0.3) is 0 Å². The first-order valence-electron chi connectivity index (χ1n) is 6.69. The van der Waals surface area contributed by atoms with E-state index in [0.717, 1.165) is 5.56 Å². The van der Waals surface area contributed by atoms with E-state index in [1.165, 1.54) is 0 Å². The average molecular weight is 339 g/mol. The molecule has 0 aliphatic carbocycles. The highest BCUT2D eigenvalue weighted by Crippen LogP contribution is 2.37. The lowest BCUT2D eigenvalue weighted by molar-refractivity contribution is -0.201. The van der Waals surface area contributed by atoms with Gasteiger partial charge in [-0.25, -0.2) is 4.79 Å². The molecular formula is C14H18ClF3N2O2. The first-order chi connectivity index (χ1) is 9.93. The number of halogens is 4. The molecular weight excluding hydrogens is 321 g/mol. The van der Waals surface area contributed by atoms with Gasteiger partial charge in [-0.1, -0.05) is 30.3 Å². The van der Waals surface area contributed by atoms with Crippen molar-refractivity contribution in [3.05, 3.63) is 35.9 Å². The summed E-state index contributed by atoms with van der Waals surface area (Å²) in [6.45, 7) is 0.357. The number of ether oxygens (including phenoxy) is 1. The van der Waals surface area contributed by atoms with E-state index in [1.54, 1.807) is 30.3 Å². The summed E-state index contributed by atoms with van der Waals surface area (Å²) >= 11 is 0. The maximum atomic E-state index is 13.2. The van der Waals surface area contributed by atoms with Gasteiger partial charge in [-0.05, 0) is 31.5 Å². The van der Waals surface area contributed by atoms with Gasteiger partial charge in [-0.2, -0.15) is 13.2 Å². The Hall–Kier alpha value is -1.47. The molecule has 0 bridgehead atoms. The fourth-order valence-corrected chi connectivity index (χ4v) is 2.29. The number of piperidine rings is 1. The van der Waals surface area contributed by atoms with E-state index in [-0.39, 0.29) is 44.9 Å². The Morgan fingerprint density at radius 2 is 1.82 bits per heavy atom. The fourth-order valence-electron chi connectivity index (χ4n) is 2.29. The van der Waals surface area contributed by atoms with Crippen LogP contribution in [0.1, 0.15) is 18.4 Å². The summed E-state index contributed by atoms with van der Waals surface area (Å²) in [5.74, 6) is 0. The fraction of sp³-hybridized carbons (Fsp3) is 0.500. The lowest BCUT2D eigenvalue weighted by atomic mass is 9.88. The van der Waals surface area contributed by atoms with Crippen molar-refractivity contribution in [2.24, 2.45) is 0 Å². The van der Waals surface area contributed by atoms with Crippen molar-refractivity contribution < 1.29 is 22.7 Å². The van der Waals surface area contributed by atoms with E-state index in [1.807, 2.05) is 5.32 Å². The summed E-state index contributed by atoms with van der Waals surface area (Å²) in [4.78, 5) is 11.7. The van der Waals surface area contributed by atoms with E-state index in [0.29, 0.717) is 0 Å². The molecule has 1 saturated heterocycles. The standard InChI is InChI=1S/C14H17F3N2O2.ClH/c15-14(16,17)13(6-8-18-9-7-13)19-12(20)21-10-11-4-2-1-3-5-11;/h1-5,18H,6-10H2,(H,19,20);1H. The molecule has 0 atom stereocenters. The Kier molecular flexibility index (Phi) is 6.49. The van der Waals surface area contributed by atoms with E-state index in [9.17, 15) is 18.0 Å². The third kappa shape index (κ3) is 4.51. The largest absolute Gasteiger partial charge is 0.445 e. The topological polar surface area (TPSA) is 50.4 Å². The number of nitrogens with one attached hydrogen (secondary N) is 2. The van der Waals surface area contributed by atoms with E-state index in [4.69, 9.17) is 4.74 Å². The zero-order valence-electron chi connectivity index (χ0n) is 11.8. The predicted octanol–water partition coefficient (Wildman–Crippen LogP) is 3.02.